The first-order valence-electron chi connectivity index (χ1n) is 6.71. The first-order chi connectivity index (χ1) is 10.1. The van der Waals surface area contributed by atoms with E-state index in [4.69, 9.17) is 0 Å². The van der Waals surface area contributed by atoms with Crippen LogP contribution in [0.4, 0.5) is 26.3 Å². The zero-order valence-electron chi connectivity index (χ0n) is 11.4. The van der Waals surface area contributed by atoms with E-state index in [1.165, 1.54) is 4.90 Å². The minimum atomic E-state index is -4.48. The summed E-state index contributed by atoms with van der Waals surface area (Å²) in [5.41, 5.74) is -0.859. The zero-order chi connectivity index (χ0) is 16.5. The molecule has 1 fully saturated rings. The highest BCUT2D eigenvalue weighted by atomic mass is 19.4. The molecule has 0 aromatic heterocycles. The average molecular weight is 328 g/mol. The summed E-state index contributed by atoms with van der Waals surface area (Å²) in [7, 11) is 0. The van der Waals surface area contributed by atoms with E-state index in [1.807, 2.05) is 0 Å². The monoisotopic (exact) mass is 328 g/mol. The molecule has 3 nitrogen and oxygen atoms in total. The summed E-state index contributed by atoms with van der Waals surface area (Å²) in [6, 6.07) is 0. The maximum atomic E-state index is 12.6. The number of likely N-dealkylation sites (tertiary alicyclic amines) is 1. The number of hydrogen-bond donors (Lipinski definition) is 0. The van der Waals surface area contributed by atoms with Crippen LogP contribution in [-0.2, 0) is 4.79 Å². The molecular weight excluding hydrogens is 314 g/mol. The first kappa shape index (κ1) is 16.8. The van der Waals surface area contributed by atoms with E-state index in [9.17, 15) is 31.1 Å². The number of aliphatic imine (C=N–C) groups is 1. The topological polar surface area (TPSA) is 32.7 Å². The van der Waals surface area contributed by atoms with Crippen molar-refractivity contribution < 1.29 is 31.1 Å². The summed E-state index contributed by atoms with van der Waals surface area (Å²) in [5.74, 6) is -1.17. The molecule has 1 amide bonds. The van der Waals surface area contributed by atoms with Crippen molar-refractivity contribution in [3.63, 3.8) is 0 Å². The number of allylic oxidation sites excluding steroid dienone is 1. The summed E-state index contributed by atoms with van der Waals surface area (Å²) in [5, 5.41) is 0. The summed E-state index contributed by atoms with van der Waals surface area (Å²) < 4.78 is 73.8. The largest absolute Gasteiger partial charge is 0.429 e. The molecule has 2 rings (SSSR count). The van der Waals surface area contributed by atoms with E-state index >= 15 is 0 Å². The molecule has 1 atom stereocenters. The van der Waals surface area contributed by atoms with Gasteiger partial charge in [-0.2, -0.15) is 26.3 Å². The highest BCUT2D eigenvalue weighted by molar-refractivity contribution is 5.91. The number of amides is 1. The molecule has 0 bridgehead atoms. The fourth-order valence-corrected chi connectivity index (χ4v) is 2.49. The van der Waals surface area contributed by atoms with Gasteiger partial charge in [0.1, 0.15) is 5.71 Å². The second kappa shape index (κ2) is 5.92. The van der Waals surface area contributed by atoms with Crippen LogP contribution in [-0.4, -0.2) is 42.0 Å². The lowest BCUT2D eigenvalue weighted by molar-refractivity contribution is -0.153. The average Bonchev–Trinajstić information content (AvgIpc) is 2.33. The van der Waals surface area contributed by atoms with Gasteiger partial charge in [0.2, 0.25) is 5.91 Å². The zero-order valence-corrected chi connectivity index (χ0v) is 11.4. The van der Waals surface area contributed by atoms with E-state index in [0.29, 0.717) is 0 Å². The Morgan fingerprint density at radius 3 is 2.41 bits per heavy atom. The van der Waals surface area contributed by atoms with Gasteiger partial charge in [0, 0.05) is 38.0 Å². The van der Waals surface area contributed by atoms with Crippen molar-refractivity contribution in [2.45, 2.75) is 31.6 Å². The van der Waals surface area contributed by atoms with Crippen molar-refractivity contribution in [2.75, 3.05) is 13.1 Å². The van der Waals surface area contributed by atoms with E-state index in [0.717, 1.165) is 6.20 Å². The summed E-state index contributed by atoms with van der Waals surface area (Å²) in [6.45, 7) is 0.383. The normalized spacial score (nSPS) is 23.3. The van der Waals surface area contributed by atoms with Gasteiger partial charge in [-0.1, -0.05) is 6.08 Å². The van der Waals surface area contributed by atoms with Crippen LogP contribution >= 0.6 is 0 Å². The summed E-state index contributed by atoms with van der Waals surface area (Å²) in [4.78, 5) is 16.1. The van der Waals surface area contributed by atoms with E-state index in [-0.39, 0.29) is 31.3 Å². The molecule has 0 aromatic rings. The van der Waals surface area contributed by atoms with Gasteiger partial charge in [-0.3, -0.25) is 9.79 Å². The van der Waals surface area contributed by atoms with E-state index in [2.05, 4.69) is 4.99 Å². The number of carbonyl (C=O) groups is 1. The van der Waals surface area contributed by atoms with Gasteiger partial charge in [-0.05, 0) is 5.92 Å². The van der Waals surface area contributed by atoms with E-state index < -0.39 is 36.8 Å². The molecule has 0 saturated carbocycles. The van der Waals surface area contributed by atoms with Crippen LogP contribution < -0.4 is 0 Å². The van der Waals surface area contributed by atoms with Gasteiger partial charge in [0.25, 0.3) is 0 Å². The molecule has 0 radical (unpaired) electrons. The Hall–Kier alpha value is -1.54. The van der Waals surface area contributed by atoms with Crippen LogP contribution in [0.15, 0.2) is 17.3 Å². The Bertz CT molecular complexity index is 488. The van der Waals surface area contributed by atoms with E-state index in [1.54, 1.807) is 6.08 Å². The predicted molar refractivity (Wildman–Crippen MR) is 66.1 cm³/mol. The Labute approximate surface area is 122 Å². The maximum absolute atomic E-state index is 12.6. The molecule has 1 unspecified atom stereocenters. The first-order valence-corrected chi connectivity index (χ1v) is 6.71. The molecule has 2 aliphatic heterocycles. The maximum Gasteiger partial charge on any atom is 0.429 e. The van der Waals surface area contributed by atoms with Crippen molar-refractivity contribution in [3.05, 3.63) is 12.3 Å². The van der Waals surface area contributed by atoms with Crippen LogP contribution in [0.2, 0.25) is 0 Å². The van der Waals surface area contributed by atoms with Gasteiger partial charge in [0.05, 0.1) is 6.42 Å². The van der Waals surface area contributed by atoms with Crippen LogP contribution in [0.5, 0.6) is 0 Å². The van der Waals surface area contributed by atoms with Gasteiger partial charge in [-0.25, -0.2) is 0 Å². The molecule has 0 spiro atoms. The fourth-order valence-electron chi connectivity index (χ4n) is 2.49. The van der Waals surface area contributed by atoms with Gasteiger partial charge < -0.3 is 4.90 Å². The quantitative estimate of drug-likeness (QED) is 0.732. The molecule has 1 saturated heterocycles. The third kappa shape index (κ3) is 4.23. The minimum absolute atomic E-state index is 0.168. The Morgan fingerprint density at radius 1 is 1.23 bits per heavy atom. The predicted octanol–water partition coefficient (Wildman–Crippen LogP) is 3.32. The molecule has 22 heavy (non-hydrogen) atoms. The van der Waals surface area contributed by atoms with Crippen LogP contribution in [0.1, 0.15) is 19.3 Å². The van der Waals surface area contributed by atoms with Gasteiger partial charge in [0.15, 0.2) is 0 Å². The van der Waals surface area contributed by atoms with Crippen molar-refractivity contribution >= 4 is 11.6 Å². The Morgan fingerprint density at radius 2 is 1.86 bits per heavy atom. The third-order valence-electron chi connectivity index (χ3n) is 3.81. The van der Waals surface area contributed by atoms with Crippen LogP contribution in [0.3, 0.4) is 0 Å². The standard InChI is InChI=1S/C13H14F6N2O/c14-12(15,16)3-1-11(22)21-6-9(7-21)8-2-4-20-10(5-8)13(17,18)19/h2,4,8-9H,1,3,5-7H2. The second-order valence-electron chi connectivity index (χ2n) is 5.46. The SMILES string of the molecule is O=C(CCC(F)(F)F)N1CC(C2C=CN=C(C(F)(F)F)C2)C1. The highest BCUT2D eigenvalue weighted by Gasteiger charge is 2.42. The number of rotatable bonds is 3. The van der Waals surface area contributed by atoms with Crippen LogP contribution in [0, 0.1) is 11.8 Å². The van der Waals surface area contributed by atoms with Gasteiger partial charge >= 0.3 is 12.4 Å². The highest BCUT2D eigenvalue weighted by Crippen LogP contribution is 2.34. The second-order valence-corrected chi connectivity index (χ2v) is 5.46. The molecule has 0 N–H and O–H groups in total. The number of hydrogen-bond acceptors (Lipinski definition) is 2. The third-order valence-corrected chi connectivity index (χ3v) is 3.81. The molecule has 2 heterocycles. The lowest BCUT2D eigenvalue weighted by Gasteiger charge is -2.43. The molecule has 124 valence electrons. The van der Waals surface area contributed by atoms with Crippen molar-refractivity contribution in [1.29, 1.82) is 0 Å². The fraction of sp³-hybridized carbons (Fsp3) is 0.692. The molecule has 0 aliphatic carbocycles. The molecule has 9 heteroatoms. The Kier molecular flexibility index (Phi) is 4.53. The lowest BCUT2D eigenvalue weighted by Crippen LogP contribution is -2.53. The summed E-state index contributed by atoms with van der Waals surface area (Å²) in [6.07, 6.45) is -8.26. The number of halogens is 6. The van der Waals surface area contributed by atoms with Crippen molar-refractivity contribution in [3.8, 4) is 0 Å². The minimum Gasteiger partial charge on any atom is -0.342 e. The number of nitrogens with zero attached hydrogens (tertiary/aromatic N) is 2. The molecule has 2 aliphatic rings. The van der Waals surface area contributed by atoms with Crippen LogP contribution in [0.25, 0.3) is 0 Å². The Balaban J connectivity index is 1.79. The summed E-state index contributed by atoms with van der Waals surface area (Å²) >= 11 is 0. The smallest absolute Gasteiger partial charge is 0.342 e. The van der Waals surface area contributed by atoms with Gasteiger partial charge in [-0.15, -0.1) is 0 Å². The lowest BCUT2D eigenvalue weighted by atomic mass is 9.81. The van der Waals surface area contributed by atoms with Crippen molar-refractivity contribution in [2.24, 2.45) is 16.8 Å². The van der Waals surface area contributed by atoms with Crippen molar-refractivity contribution in [1.82, 2.24) is 4.90 Å². The number of carbonyl (C=O) groups excluding carboxylic acids is 1. The number of alkyl halides is 6. The molecule has 0 aromatic carbocycles. The molecular formula is C13H14F6N2O.